The van der Waals surface area contributed by atoms with E-state index in [9.17, 15) is 9.59 Å². The number of amides is 2. The monoisotopic (exact) mass is 243 g/mol. The van der Waals surface area contributed by atoms with Crippen molar-refractivity contribution in [2.24, 2.45) is 0 Å². The molecule has 0 spiro atoms. The lowest BCUT2D eigenvalue weighted by atomic mass is 10.2. The molecule has 88 valence electrons. The third-order valence-corrected chi connectivity index (χ3v) is 2.70. The molecule has 1 aromatic heterocycles. The van der Waals surface area contributed by atoms with E-state index >= 15 is 0 Å². The SMILES string of the molecule is CC[C@@H](NC(=O)NCc1cncs1)C(=O)O. The van der Waals surface area contributed by atoms with E-state index in [2.05, 4.69) is 15.6 Å². The number of nitrogens with zero attached hydrogens (tertiary/aromatic N) is 1. The number of aliphatic carboxylic acids is 1. The fraction of sp³-hybridized carbons (Fsp3) is 0.444. The van der Waals surface area contributed by atoms with E-state index in [0.29, 0.717) is 13.0 Å². The molecule has 0 bridgehead atoms. The van der Waals surface area contributed by atoms with Crippen molar-refractivity contribution in [2.75, 3.05) is 0 Å². The number of carboxylic acids is 1. The van der Waals surface area contributed by atoms with Gasteiger partial charge in [0.25, 0.3) is 0 Å². The smallest absolute Gasteiger partial charge is 0.326 e. The summed E-state index contributed by atoms with van der Waals surface area (Å²) in [7, 11) is 0. The Morgan fingerprint density at radius 1 is 1.62 bits per heavy atom. The number of carbonyl (C=O) groups excluding carboxylic acids is 1. The molecular weight excluding hydrogens is 230 g/mol. The zero-order valence-corrected chi connectivity index (χ0v) is 9.58. The van der Waals surface area contributed by atoms with Gasteiger partial charge in [-0.15, -0.1) is 11.3 Å². The van der Waals surface area contributed by atoms with Gasteiger partial charge in [-0.1, -0.05) is 6.92 Å². The minimum Gasteiger partial charge on any atom is -0.480 e. The summed E-state index contributed by atoms with van der Waals surface area (Å²) >= 11 is 1.43. The van der Waals surface area contributed by atoms with Crippen LogP contribution in [0, 0.1) is 0 Å². The lowest BCUT2D eigenvalue weighted by Crippen LogP contribution is -2.45. The number of thiazole rings is 1. The lowest BCUT2D eigenvalue weighted by molar-refractivity contribution is -0.139. The topological polar surface area (TPSA) is 91.3 Å². The summed E-state index contributed by atoms with van der Waals surface area (Å²) in [4.78, 5) is 26.7. The maximum atomic E-state index is 11.3. The van der Waals surface area contributed by atoms with Crippen molar-refractivity contribution in [3.63, 3.8) is 0 Å². The molecule has 0 aliphatic heterocycles. The Labute approximate surface area is 96.7 Å². The van der Waals surface area contributed by atoms with Crippen molar-refractivity contribution in [3.8, 4) is 0 Å². The van der Waals surface area contributed by atoms with Crippen molar-refractivity contribution >= 4 is 23.3 Å². The van der Waals surface area contributed by atoms with Crippen molar-refractivity contribution in [3.05, 3.63) is 16.6 Å². The molecule has 2 amide bonds. The van der Waals surface area contributed by atoms with Crippen molar-refractivity contribution in [1.82, 2.24) is 15.6 Å². The summed E-state index contributed by atoms with van der Waals surface area (Å²) in [5.74, 6) is -1.03. The molecule has 3 N–H and O–H groups in total. The van der Waals surface area contributed by atoms with Gasteiger partial charge in [-0.05, 0) is 6.42 Å². The van der Waals surface area contributed by atoms with E-state index < -0.39 is 18.0 Å². The molecule has 6 nitrogen and oxygen atoms in total. The number of hydrogen-bond donors (Lipinski definition) is 3. The zero-order chi connectivity index (χ0) is 12.0. The maximum Gasteiger partial charge on any atom is 0.326 e. The predicted molar refractivity (Wildman–Crippen MR) is 59.2 cm³/mol. The van der Waals surface area contributed by atoms with Crippen molar-refractivity contribution < 1.29 is 14.7 Å². The lowest BCUT2D eigenvalue weighted by Gasteiger charge is -2.12. The van der Waals surface area contributed by atoms with Crippen molar-refractivity contribution in [1.29, 1.82) is 0 Å². The summed E-state index contributed by atoms with van der Waals surface area (Å²) in [6, 6.07) is -1.33. The Balaban J connectivity index is 2.33. The number of hydrogen-bond acceptors (Lipinski definition) is 4. The first-order valence-electron chi connectivity index (χ1n) is 4.78. The molecule has 0 fully saturated rings. The van der Waals surface area contributed by atoms with E-state index in [1.807, 2.05) is 0 Å². The largest absolute Gasteiger partial charge is 0.480 e. The number of carbonyl (C=O) groups is 2. The highest BCUT2D eigenvalue weighted by molar-refractivity contribution is 7.09. The number of carboxylic acid groups (broad SMARTS) is 1. The van der Waals surface area contributed by atoms with E-state index in [4.69, 9.17) is 5.11 Å². The molecule has 0 aliphatic rings. The molecule has 1 atom stereocenters. The summed E-state index contributed by atoms with van der Waals surface area (Å²) < 4.78 is 0. The first-order chi connectivity index (χ1) is 7.63. The second-order valence-electron chi connectivity index (χ2n) is 3.09. The Kier molecular flexibility index (Phi) is 4.71. The third kappa shape index (κ3) is 3.85. The average Bonchev–Trinajstić information content (AvgIpc) is 2.75. The minimum absolute atomic E-state index is 0.351. The van der Waals surface area contributed by atoms with Gasteiger partial charge in [0.05, 0.1) is 12.1 Å². The van der Waals surface area contributed by atoms with Crippen LogP contribution in [0.5, 0.6) is 0 Å². The standard InChI is InChI=1S/C9H13N3O3S/c1-2-7(8(13)14)12-9(15)11-4-6-3-10-5-16-6/h3,5,7H,2,4H2,1H3,(H,13,14)(H2,11,12,15)/t7-/m1/s1. The van der Waals surface area contributed by atoms with Gasteiger partial charge < -0.3 is 15.7 Å². The van der Waals surface area contributed by atoms with Gasteiger partial charge in [0, 0.05) is 11.1 Å². The summed E-state index contributed by atoms with van der Waals surface area (Å²) in [5.41, 5.74) is 1.67. The third-order valence-electron chi connectivity index (χ3n) is 1.92. The fourth-order valence-corrected chi connectivity index (χ4v) is 1.58. The van der Waals surface area contributed by atoms with Gasteiger partial charge >= 0.3 is 12.0 Å². The summed E-state index contributed by atoms with van der Waals surface area (Å²) in [6.07, 6.45) is 2.00. The van der Waals surface area contributed by atoms with Crippen LogP contribution in [-0.2, 0) is 11.3 Å². The first kappa shape index (κ1) is 12.4. The first-order valence-corrected chi connectivity index (χ1v) is 5.66. The molecule has 0 aliphatic carbocycles. The second kappa shape index (κ2) is 6.06. The van der Waals surface area contributed by atoms with Crippen LogP contribution in [0.2, 0.25) is 0 Å². The molecule has 0 aromatic carbocycles. The Hall–Kier alpha value is -1.63. The maximum absolute atomic E-state index is 11.3. The fourth-order valence-electron chi connectivity index (χ4n) is 1.04. The highest BCUT2D eigenvalue weighted by Gasteiger charge is 2.16. The number of urea groups is 1. The van der Waals surface area contributed by atoms with E-state index in [1.54, 1.807) is 18.6 Å². The summed E-state index contributed by atoms with van der Waals surface area (Å²) in [6.45, 7) is 2.05. The molecular formula is C9H13N3O3S. The normalized spacial score (nSPS) is 11.8. The highest BCUT2D eigenvalue weighted by atomic mass is 32.1. The summed E-state index contributed by atoms with van der Waals surface area (Å²) in [5, 5.41) is 13.6. The van der Waals surface area contributed by atoms with Gasteiger partial charge in [-0.25, -0.2) is 9.59 Å². The predicted octanol–water partition coefficient (Wildman–Crippen LogP) is 0.805. The van der Waals surface area contributed by atoms with E-state index in [0.717, 1.165) is 4.88 Å². The van der Waals surface area contributed by atoms with Gasteiger partial charge in [0.2, 0.25) is 0 Å². The zero-order valence-electron chi connectivity index (χ0n) is 8.77. The Morgan fingerprint density at radius 2 is 2.38 bits per heavy atom. The van der Waals surface area contributed by atoms with Gasteiger partial charge in [0.15, 0.2) is 0 Å². The second-order valence-corrected chi connectivity index (χ2v) is 4.06. The van der Waals surface area contributed by atoms with Crippen LogP contribution in [0.4, 0.5) is 4.79 Å². The van der Waals surface area contributed by atoms with Crippen LogP contribution in [0.15, 0.2) is 11.7 Å². The number of rotatable bonds is 5. The van der Waals surface area contributed by atoms with Crippen molar-refractivity contribution in [2.45, 2.75) is 25.9 Å². The molecule has 1 rings (SSSR count). The van der Waals surface area contributed by atoms with Crippen LogP contribution in [0.1, 0.15) is 18.2 Å². The molecule has 1 aromatic rings. The molecule has 16 heavy (non-hydrogen) atoms. The molecule has 0 saturated carbocycles. The quantitative estimate of drug-likeness (QED) is 0.713. The van der Waals surface area contributed by atoms with Gasteiger partial charge in [-0.3, -0.25) is 4.98 Å². The Morgan fingerprint density at radius 3 is 2.88 bits per heavy atom. The molecule has 0 unspecified atom stereocenters. The van der Waals surface area contributed by atoms with E-state index in [1.165, 1.54) is 11.3 Å². The number of nitrogens with one attached hydrogen (secondary N) is 2. The average molecular weight is 243 g/mol. The van der Waals surface area contributed by atoms with Gasteiger partial charge in [0.1, 0.15) is 6.04 Å². The van der Waals surface area contributed by atoms with Gasteiger partial charge in [-0.2, -0.15) is 0 Å². The van der Waals surface area contributed by atoms with Crippen LogP contribution in [-0.4, -0.2) is 28.1 Å². The molecule has 0 radical (unpaired) electrons. The minimum atomic E-state index is -1.03. The van der Waals surface area contributed by atoms with Crippen LogP contribution in [0.25, 0.3) is 0 Å². The number of aromatic nitrogens is 1. The van der Waals surface area contributed by atoms with E-state index in [-0.39, 0.29) is 0 Å². The van der Waals surface area contributed by atoms with Crippen LogP contribution >= 0.6 is 11.3 Å². The Bertz CT molecular complexity index is 353. The van der Waals surface area contributed by atoms with Crippen LogP contribution in [0.3, 0.4) is 0 Å². The highest BCUT2D eigenvalue weighted by Crippen LogP contribution is 2.03. The molecule has 1 heterocycles. The van der Waals surface area contributed by atoms with Crippen LogP contribution < -0.4 is 10.6 Å². The molecule has 0 saturated heterocycles. The molecule has 7 heteroatoms.